The van der Waals surface area contributed by atoms with Gasteiger partial charge in [0.15, 0.2) is 5.78 Å². The SMILES string of the molecule is CCOC(=O)[C@@H]1C(C(=O)[C@H]2C(C(=O)CC3CCc4ccccc43)CCN2S)CCN1S. The first kappa shape index (κ1) is 22.8. The first-order valence-corrected chi connectivity index (χ1v) is 11.9. The molecule has 3 unspecified atom stereocenters. The summed E-state index contributed by atoms with van der Waals surface area (Å²) >= 11 is 8.91. The van der Waals surface area contributed by atoms with Crippen molar-refractivity contribution in [2.75, 3.05) is 19.7 Å². The summed E-state index contributed by atoms with van der Waals surface area (Å²) in [6.45, 7) is 3.11. The molecule has 6 nitrogen and oxygen atoms in total. The third-order valence-electron chi connectivity index (χ3n) is 7.05. The smallest absolute Gasteiger partial charge is 0.325 e. The summed E-state index contributed by atoms with van der Waals surface area (Å²) in [6, 6.07) is 7.00. The third-order valence-corrected chi connectivity index (χ3v) is 7.94. The van der Waals surface area contributed by atoms with Gasteiger partial charge in [-0.25, -0.2) is 8.61 Å². The maximum absolute atomic E-state index is 13.6. The fraction of sp³-hybridized carbons (Fsp3) is 0.609. The van der Waals surface area contributed by atoms with Crippen molar-refractivity contribution < 1.29 is 19.1 Å². The normalized spacial score (nSPS) is 31.0. The maximum atomic E-state index is 13.6. The molecule has 0 spiro atoms. The Morgan fingerprint density at radius 2 is 1.68 bits per heavy atom. The highest BCUT2D eigenvalue weighted by molar-refractivity contribution is 7.78. The first-order chi connectivity index (χ1) is 14.9. The molecule has 1 aromatic rings. The monoisotopic (exact) mass is 462 g/mol. The second-order valence-corrected chi connectivity index (χ2v) is 9.79. The number of carbonyl (C=O) groups is 3. The van der Waals surface area contributed by atoms with E-state index < -0.39 is 24.0 Å². The lowest BCUT2D eigenvalue weighted by Crippen LogP contribution is -2.47. The lowest BCUT2D eigenvalue weighted by atomic mass is 9.81. The van der Waals surface area contributed by atoms with Gasteiger partial charge >= 0.3 is 5.97 Å². The van der Waals surface area contributed by atoms with E-state index in [0.717, 1.165) is 12.8 Å². The van der Waals surface area contributed by atoms with Crippen molar-refractivity contribution in [3.8, 4) is 0 Å². The second-order valence-electron chi connectivity index (χ2n) is 8.77. The van der Waals surface area contributed by atoms with Crippen LogP contribution in [0, 0.1) is 11.8 Å². The molecule has 2 saturated heterocycles. The van der Waals surface area contributed by atoms with E-state index in [1.165, 1.54) is 11.1 Å². The van der Waals surface area contributed by atoms with Crippen LogP contribution in [-0.4, -0.2) is 57.9 Å². The predicted molar refractivity (Wildman–Crippen MR) is 124 cm³/mol. The maximum Gasteiger partial charge on any atom is 0.325 e. The molecule has 5 atom stereocenters. The van der Waals surface area contributed by atoms with Crippen LogP contribution in [0.25, 0.3) is 0 Å². The molecule has 0 amide bonds. The number of ether oxygens (including phenoxy) is 1. The molecule has 2 heterocycles. The Hall–Kier alpha value is -1.35. The number of benzene rings is 1. The average molecular weight is 463 g/mol. The standard InChI is InChI=1S/C23H30N2O4S2/c1-2-29-23(28)21-18(10-12-25(21)31)22(27)20-17(9-11-24(20)30)19(26)13-15-8-7-14-5-3-4-6-16(14)15/h3-6,15,17-18,20-21,30-31H,2,7-13H2,1H3/t15?,17?,18?,20-,21+/m1/s1. The number of nitrogens with zero attached hydrogens (tertiary/aromatic N) is 2. The van der Waals surface area contributed by atoms with Crippen molar-refractivity contribution in [3.05, 3.63) is 35.4 Å². The van der Waals surface area contributed by atoms with Crippen LogP contribution in [-0.2, 0) is 25.5 Å². The number of aryl methyl sites for hydroxylation is 1. The van der Waals surface area contributed by atoms with Crippen LogP contribution in [0.3, 0.4) is 0 Å². The van der Waals surface area contributed by atoms with Gasteiger partial charge in [0.25, 0.3) is 0 Å². The molecular formula is C23H30N2O4S2. The molecular weight excluding hydrogens is 432 g/mol. The number of hydrogen-bond donors (Lipinski definition) is 2. The van der Waals surface area contributed by atoms with Gasteiger partial charge < -0.3 is 4.74 Å². The molecule has 2 fully saturated rings. The van der Waals surface area contributed by atoms with Gasteiger partial charge in [0.05, 0.1) is 12.6 Å². The molecule has 8 heteroatoms. The van der Waals surface area contributed by atoms with Crippen molar-refractivity contribution in [1.82, 2.24) is 8.61 Å². The van der Waals surface area contributed by atoms with Crippen LogP contribution in [0.1, 0.15) is 49.7 Å². The molecule has 0 aromatic heterocycles. The fourth-order valence-corrected chi connectivity index (χ4v) is 6.28. The van der Waals surface area contributed by atoms with E-state index in [2.05, 4.69) is 37.8 Å². The summed E-state index contributed by atoms with van der Waals surface area (Å²) in [6.07, 6.45) is 3.58. The summed E-state index contributed by atoms with van der Waals surface area (Å²) in [5.41, 5.74) is 2.59. The predicted octanol–water partition coefficient (Wildman–Crippen LogP) is 2.88. The van der Waals surface area contributed by atoms with Crippen LogP contribution in [0.5, 0.6) is 0 Å². The number of esters is 1. The lowest BCUT2D eigenvalue weighted by molar-refractivity contribution is -0.150. The van der Waals surface area contributed by atoms with Gasteiger partial charge in [0.2, 0.25) is 0 Å². The van der Waals surface area contributed by atoms with Crippen LogP contribution in [0.15, 0.2) is 24.3 Å². The summed E-state index contributed by atoms with van der Waals surface area (Å²) in [5, 5.41) is 0. The number of rotatable bonds is 7. The van der Waals surface area contributed by atoms with E-state index in [9.17, 15) is 14.4 Å². The number of thiol groups is 2. The van der Waals surface area contributed by atoms with Crippen LogP contribution in [0.2, 0.25) is 0 Å². The van der Waals surface area contributed by atoms with E-state index >= 15 is 0 Å². The van der Waals surface area contributed by atoms with E-state index in [1.54, 1.807) is 15.5 Å². The Labute approximate surface area is 194 Å². The Kier molecular flexibility index (Phi) is 7.10. The lowest BCUT2D eigenvalue weighted by Gasteiger charge is -2.28. The van der Waals surface area contributed by atoms with E-state index in [4.69, 9.17) is 4.74 Å². The molecule has 1 aromatic carbocycles. The highest BCUT2D eigenvalue weighted by Crippen LogP contribution is 2.39. The summed E-state index contributed by atoms with van der Waals surface area (Å²) in [4.78, 5) is 39.4. The van der Waals surface area contributed by atoms with E-state index in [0.29, 0.717) is 32.4 Å². The number of carbonyl (C=O) groups excluding carboxylic acids is 3. The van der Waals surface area contributed by atoms with Crippen molar-refractivity contribution in [1.29, 1.82) is 0 Å². The van der Waals surface area contributed by atoms with Gasteiger partial charge in [0.1, 0.15) is 11.8 Å². The molecule has 0 bridgehead atoms. The van der Waals surface area contributed by atoms with Crippen molar-refractivity contribution in [3.63, 3.8) is 0 Å². The average Bonchev–Trinajstić information content (AvgIpc) is 3.45. The van der Waals surface area contributed by atoms with Crippen LogP contribution < -0.4 is 0 Å². The first-order valence-electron chi connectivity index (χ1n) is 11.1. The van der Waals surface area contributed by atoms with Gasteiger partial charge in [-0.3, -0.25) is 14.4 Å². The van der Waals surface area contributed by atoms with E-state index in [1.807, 2.05) is 12.1 Å². The van der Waals surface area contributed by atoms with Crippen LogP contribution >= 0.6 is 25.6 Å². The minimum absolute atomic E-state index is 0.0905. The van der Waals surface area contributed by atoms with E-state index in [-0.39, 0.29) is 30.0 Å². The summed E-state index contributed by atoms with van der Waals surface area (Å²) in [5.74, 6) is -1.08. The van der Waals surface area contributed by atoms with Gasteiger partial charge in [-0.15, -0.1) is 0 Å². The van der Waals surface area contributed by atoms with Crippen molar-refractivity contribution >= 4 is 43.2 Å². The molecule has 0 N–H and O–H groups in total. The summed E-state index contributed by atoms with van der Waals surface area (Å²) < 4.78 is 8.46. The molecule has 2 aliphatic heterocycles. The van der Waals surface area contributed by atoms with Crippen molar-refractivity contribution in [2.24, 2.45) is 11.8 Å². The molecule has 0 radical (unpaired) electrons. The Bertz CT molecular complexity index is 864. The van der Waals surface area contributed by atoms with Crippen LogP contribution in [0.4, 0.5) is 0 Å². The Morgan fingerprint density at radius 1 is 1.00 bits per heavy atom. The number of ketones is 2. The highest BCUT2D eigenvalue weighted by Gasteiger charge is 2.50. The van der Waals surface area contributed by atoms with Gasteiger partial charge in [-0.1, -0.05) is 49.9 Å². The molecule has 4 rings (SSSR count). The molecule has 168 valence electrons. The zero-order valence-corrected chi connectivity index (χ0v) is 19.6. The topological polar surface area (TPSA) is 66.9 Å². The largest absolute Gasteiger partial charge is 0.465 e. The Morgan fingerprint density at radius 3 is 2.42 bits per heavy atom. The van der Waals surface area contributed by atoms with Gasteiger partial charge in [0, 0.05) is 31.3 Å². The molecule has 31 heavy (non-hydrogen) atoms. The van der Waals surface area contributed by atoms with Gasteiger partial charge in [-0.2, -0.15) is 0 Å². The number of fused-ring (bicyclic) bond motifs is 1. The number of hydrogen-bond acceptors (Lipinski definition) is 8. The molecule has 3 aliphatic rings. The molecule has 1 aliphatic carbocycles. The number of Topliss-reactive ketones (excluding diaryl/α,β-unsaturated/α-hetero) is 2. The minimum Gasteiger partial charge on any atom is -0.465 e. The summed E-state index contributed by atoms with van der Waals surface area (Å²) in [7, 11) is 0. The quantitative estimate of drug-likeness (QED) is 0.480. The van der Waals surface area contributed by atoms with Gasteiger partial charge in [-0.05, 0) is 49.7 Å². The molecule has 0 saturated carbocycles. The minimum atomic E-state index is -0.712. The fourth-order valence-electron chi connectivity index (χ4n) is 5.52. The zero-order chi connectivity index (χ0) is 22.1. The Balaban J connectivity index is 1.49. The second kappa shape index (κ2) is 9.65. The van der Waals surface area contributed by atoms with Crippen molar-refractivity contribution in [2.45, 2.75) is 57.0 Å². The highest BCUT2D eigenvalue weighted by atomic mass is 32.1. The zero-order valence-electron chi connectivity index (χ0n) is 17.8. The third kappa shape index (κ3) is 4.45.